The van der Waals surface area contributed by atoms with Gasteiger partial charge in [-0.1, -0.05) is 18.9 Å². The quantitative estimate of drug-likeness (QED) is 0.607. The van der Waals surface area contributed by atoms with E-state index in [-0.39, 0.29) is 11.3 Å². The summed E-state index contributed by atoms with van der Waals surface area (Å²) in [4.78, 5) is 0. The monoisotopic (exact) mass is 146 g/mol. The van der Waals surface area contributed by atoms with Crippen LogP contribution in [0.25, 0.3) is 0 Å². The van der Waals surface area contributed by atoms with Gasteiger partial charge in [-0.25, -0.2) is 0 Å². The van der Waals surface area contributed by atoms with Gasteiger partial charge in [0.2, 0.25) is 5.89 Å². The molecular formula is C5H7ClN2O. The van der Waals surface area contributed by atoms with Crippen molar-refractivity contribution in [2.24, 2.45) is 0 Å². The van der Waals surface area contributed by atoms with E-state index in [0.717, 1.165) is 0 Å². The Kier molecular flexibility index (Phi) is 1.71. The van der Waals surface area contributed by atoms with Gasteiger partial charge >= 0.3 is 5.35 Å². The maximum Gasteiger partial charge on any atom is 0.312 e. The third-order valence-corrected chi connectivity index (χ3v) is 1.06. The molecule has 0 N–H and O–H groups in total. The molecule has 0 radical (unpaired) electrons. The first-order chi connectivity index (χ1) is 4.20. The Labute approximate surface area is 58.0 Å². The zero-order chi connectivity index (χ0) is 6.85. The summed E-state index contributed by atoms with van der Waals surface area (Å²) in [5.41, 5.74) is 0. The van der Waals surface area contributed by atoms with Gasteiger partial charge in [0.15, 0.2) is 0 Å². The van der Waals surface area contributed by atoms with Crippen LogP contribution in [0.15, 0.2) is 4.42 Å². The predicted octanol–water partition coefficient (Wildman–Crippen LogP) is 1.85. The average Bonchev–Trinajstić information content (AvgIpc) is 2.14. The van der Waals surface area contributed by atoms with Crippen LogP contribution in [0.1, 0.15) is 25.7 Å². The van der Waals surface area contributed by atoms with Crippen LogP contribution in [0.4, 0.5) is 0 Å². The lowest BCUT2D eigenvalue weighted by atomic mass is 10.2. The van der Waals surface area contributed by atoms with Crippen molar-refractivity contribution in [3.8, 4) is 0 Å². The van der Waals surface area contributed by atoms with Gasteiger partial charge in [-0.15, -0.1) is 5.10 Å². The SMILES string of the molecule is CC(C)c1nnc(Cl)o1. The Balaban J connectivity index is 2.85. The molecule has 0 aromatic carbocycles. The van der Waals surface area contributed by atoms with Crippen molar-refractivity contribution in [1.82, 2.24) is 10.2 Å². The molecule has 0 atom stereocenters. The van der Waals surface area contributed by atoms with Crippen LogP contribution in [0.5, 0.6) is 0 Å². The van der Waals surface area contributed by atoms with E-state index in [1.165, 1.54) is 0 Å². The zero-order valence-electron chi connectivity index (χ0n) is 5.26. The largest absolute Gasteiger partial charge is 0.412 e. The van der Waals surface area contributed by atoms with E-state index in [1.807, 2.05) is 13.8 Å². The van der Waals surface area contributed by atoms with Gasteiger partial charge in [0, 0.05) is 5.92 Å². The molecule has 50 valence electrons. The second-order valence-electron chi connectivity index (χ2n) is 2.05. The molecule has 0 aliphatic rings. The van der Waals surface area contributed by atoms with E-state index >= 15 is 0 Å². The molecule has 0 fully saturated rings. The highest BCUT2D eigenvalue weighted by molar-refractivity contribution is 6.27. The van der Waals surface area contributed by atoms with Crippen LogP contribution in [0, 0.1) is 0 Å². The Morgan fingerprint density at radius 2 is 2.11 bits per heavy atom. The fourth-order valence-electron chi connectivity index (χ4n) is 0.449. The molecule has 1 aromatic heterocycles. The van der Waals surface area contributed by atoms with E-state index in [9.17, 15) is 0 Å². The Hall–Kier alpha value is -0.570. The average molecular weight is 147 g/mol. The summed E-state index contributed by atoms with van der Waals surface area (Å²) in [6.45, 7) is 3.92. The summed E-state index contributed by atoms with van der Waals surface area (Å²) in [5, 5.41) is 7.26. The lowest BCUT2D eigenvalue weighted by Gasteiger charge is -1.91. The lowest BCUT2D eigenvalue weighted by molar-refractivity contribution is 0.471. The highest BCUT2D eigenvalue weighted by atomic mass is 35.5. The summed E-state index contributed by atoms with van der Waals surface area (Å²) in [7, 11) is 0. The first-order valence-electron chi connectivity index (χ1n) is 2.69. The van der Waals surface area contributed by atoms with Crippen molar-refractivity contribution in [1.29, 1.82) is 0 Å². The molecule has 0 bridgehead atoms. The summed E-state index contributed by atoms with van der Waals surface area (Å²) < 4.78 is 4.89. The molecule has 0 spiro atoms. The predicted molar refractivity (Wildman–Crippen MR) is 33.4 cm³/mol. The number of hydrogen-bond donors (Lipinski definition) is 0. The van der Waals surface area contributed by atoms with Gasteiger partial charge in [0.05, 0.1) is 0 Å². The van der Waals surface area contributed by atoms with E-state index < -0.39 is 0 Å². The van der Waals surface area contributed by atoms with Gasteiger partial charge in [0.1, 0.15) is 0 Å². The first kappa shape index (κ1) is 6.55. The standard InChI is InChI=1S/C5H7ClN2O/c1-3(2)4-7-8-5(6)9-4/h3H,1-2H3. The summed E-state index contributed by atoms with van der Waals surface area (Å²) >= 11 is 5.36. The van der Waals surface area contributed by atoms with Gasteiger partial charge in [-0.05, 0) is 11.6 Å². The highest BCUT2D eigenvalue weighted by Crippen LogP contribution is 2.13. The van der Waals surface area contributed by atoms with Crippen LogP contribution in [0.3, 0.4) is 0 Å². The lowest BCUT2D eigenvalue weighted by Crippen LogP contribution is -1.85. The smallest absolute Gasteiger partial charge is 0.312 e. The van der Waals surface area contributed by atoms with Crippen LogP contribution in [-0.4, -0.2) is 10.2 Å². The van der Waals surface area contributed by atoms with E-state index in [4.69, 9.17) is 16.0 Å². The topological polar surface area (TPSA) is 38.9 Å². The van der Waals surface area contributed by atoms with E-state index in [2.05, 4.69) is 10.2 Å². The molecule has 1 aromatic rings. The molecule has 0 unspecified atom stereocenters. The number of hydrogen-bond acceptors (Lipinski definition) is 3. The minimum atomic E-state index is 0.110. The Morgan fingerprint density at radius 1 is 1.44 bits per heavy atom. The van der Waals surface area contributed by atoms with Gasteiger partial charge in [-0.3, -0.25) is 0 Å². The summed E-state index contributed by atoms with van der Waals surface area (Å²) in [6, 6.07) is 0. The van der Waals surface area contributed by atoms with Crippen molar-refractivity contribution in [3.05, 3.63) is 11.2 Å². The highest BCUT2D eigenvalue weighted by Gasteiger charge is 2.06. The van der Waals surface area contributed by atoms with Crippen molar-refractivity contribution < 1.29 is 4.42 Å². The molecule has 1 rings (SSSR count). The molecule has 0 saturated heterocycles. The molecule has 0 saturated carbocycles. The minimum Gasteiger partial charge on any atom is -0.412 e. The molecule has 0 aliphatic heterocycles. The maximum absolute atomic E-state index is 5.36. The third-order valence-electron chi connectivity index (χ3n) is 0.910. The van der Waals surface area contributed by atoms with Crippen LogP contribution >= 0.6 is 11.6 Å². The summed E-state index contributed by atoms with van der Waals surface area (Å²) in [6.07, 6.45) is 0. The molecule has 0 amide bonds. The fourth-order valence-corrected chi connectivity index (χ4v) is 0.566. The van der Waals surface area contributed by atoms with Crippen LogP contribution < -0.4 is 0 Å². The Bertz CT molecular complexity index is 197. The zero-order valence-corrected chi connectivity index (χ0v) is 6.01. The fraction of sp³-hybridized carbons (Fsp3) is 0.600. The van der Waals surface area contributed by atoms with Gasteiger partial charge in [0.25, 0.3) is 0 Å². The van der Waals surface area contributed by atoms with Gasteiger partial charge < -0.3 is 4.42 Å². The van der Waals surface area contributed by atoms with E-state index in [1.54, 1.807) is 0 Å². The summed E-state index contributed by atoms with van der Waals surface area (Å²) in [5.74, 6) is 0.838. The maximum atomic E-state index is 5.36. The third kappa shape index (κ3) is 1.42. The normalized spacial score (nSPS) is 10.7. The number of rotatable bonds is 1. The van der Waals surface area contributed by atoms with Crippen molar-refractivity contribution in [3.63, 3.8) is 0 Å². The molecule has 0 aliphatic carbocycles. The molecule has 9 heavy (non-hydrogen) atoms. The molecule has 1 heterocycles. The number of halogens is 1. The van der Waals surface area contributed by atoms with Crippen molar-refractivity contribution in [2.75, 3.05) is 0 Å². The van der Waals surface area contributed by atoms with Gasteiger partial charge in [-0.2, -0.15) is 0 Å². The molecule has 3 nitrogen and oxygen atoms in total. The second-order valence-corrected chi connectivity index (χ2v) is 2.37. The van der Waals surface area contributed by atoms with Crippen LogP contribution in [0.2, 0.25) is 5.35 Å². The van der Waals surface area contributed by atoms with Crippen molar-refractivity contribution in [2.45, 2.75) is 19.8 Å². The Morgan fingerprint density at radius 3 is 2.33 bits per heavy atom. The number of nitrogens with zero attached hydrogens (tertiary/aromatic N) is 2. The van der Waals surface area contributed by atoms with Crippen LogP contribution in [-0.2, 0) is 0 Å². The van der Waals surface area contributed by atoms with E-state index in [0.29, 0.717) is 5.89 Å². The van der Waals surface area contributed by atoms with Crippen molar-refractivity contribution >= 4 is 11.6 Å². The molecular weight excluding hydrogens is 140 g/mol. The first-order valence-corrected chi connectivity index (χ1v) is 3.07. The minimum absolute atomic E-state index is 0.110. The number of aromatic nitrogens is 2. The molecule has 4 heteroatoms. The second kappa shape index (κ2) is 2.35.